The average Bonchev–Trinajstić information content (AvgIpc) is 2.38. The number of sulfone groups is 1. The second kappa shape index (κ2) is 5.02. The van der Waals surface area contributed by atoms with Crippen LogP contribution < -0.4 is 4.90 Å². The molecule has 0 aromatic heterocycles. The molecule has 0 atom stereocenters. The molecule has 0 bridgehead atoms. The molecular formula is C15H19NO4S. The van der Waals surface area contributed by atoms with Crippen LogP contribution in [0.15, 0.2) is 24.3 Å². The van der Waals surface area contributed by atoms with E-state index in [2.05, 4.69) is 0 Å². The molecule has 1 saturated carbocycles. The molecule has 3 rings (SSSR count). The highest BCUT2D eigenvalue weighted by atomic mass is 32.2. The minimum Gasteiger partial charge on any atom is -0.481 e. The molecule has 0 radical (unpaired) electrons. The van der Waals surface area contributed by atoms with Crippen molar-refractivity contribution in [3.63, 3.8) is 0 Å². The van der Waals surface area contributed by atoms with Gasteiger partial charge >= 0.3 is 5.97 Å². The standard InChI is InChI=1S/C15H19NO4S/c17-14(18)15(6-1-7-15)12-2-4-13(5-3-12)16-8-10-21(19,20)11-9-16/h2-5H,1,6-11H2,(H,17,18). The molecule has 6 heteroatoms. The highest BCUT2D eigenvalue weighted by Gasteiger charge is 2.45. The number of rotatable bonds is 3. The van der Waals surface area contributed by atoms with Crippen molar-refractivity contribution in [1.29, 1.82) is 0 Å². The number of hydrogen-bond acceptors (Lipinski definition) is 4. The summed E-state index contributed by atoms with van der Waals surface area (Å²) >= 11 is 0. The van der Waals surface area contributed by atoms with Gasteiger partial charge in [-0.1, -0.05) is 18.6 Å². The third kappa shape index (κ3) is 2.52. The molecule has 0 spiro atoms. The van der Waals surface area contributed by atoms with Gasteiger partial charge in [0, 0.05) is 18.8 Å². The Morgan fingerprint density at radius 3 is 2.10 bits per heavy atom. The summed E-state index contributed by atoms with van der Waals surface area (Å²) in [6, 6.07) is 7.59. The molecule has 1 aromatic carbocycles. The Morgan fingerprint density at radius 2 is 1.67 bits per heavy atom. The van der Waals surface area contributed by atoms with Gasteiger partial charge in [0.25, 0.3) is 0 Å². The van der Waals surface area contributed by atoms with Crippen LogP contribution in [0.4, 0.5) is 5.69 Å². The van der Waals surface area contributed by atoms with E-state index in [1.165, 1.54) is 0 Å². The lowest BCUT2D eigenvalue weighted by molar-refractivity contribution is -0.147. The Labute approximate surface area is 124 Å². The van der Waals surface area contributed by atoms with Gasteiger partial charge in [0.15, 0.2) is 9.84 Å². The largest absolute Gasteiger partial charge is 0.481 e. The van der Waals surface area contributed by atoms with Crippen LogP contribution in [0, 0.1) is 0 Å². The maximum Gasteiger partial charge on any atom is 0.314 e. The van der Waals surface area contributed by atoms with Crippen LogP contribution in [0.2, 0.25) is 0 Å². The van der Waals surface area contributed by atoms with E-state index in [1.807, 2.05) is 29.2 Å². The van der Waals surface area contributed by atoms with Gasteiger partial charge in [-0.2, -0.15) is 0 Å². The lowest BCUT2D eigenvalue weighted by Crippen LogP contribution is -2.42. The lowest BCUT2D eigenvalue weighted by Gasteiger charge is -2.38. The monoisotopic (exact) mass is 309 g/mol. The van der Waals surface area contributed by atoms with E-state index in [0.29, 0.717) is 25.9 Å². The fourth-order valence-electron chi connectivity index (χ4n) is 3.12. The highest BCUT2D eigenvalue weighted by Crippen LogP contribution is 2.44. The third-order valence-electron chi connectivity index (χ3n) is 4.75. The minimum absolute atomic E-state index is 0.188. The molecule has 1 N–H and O–H groups in total. The zero-order valence-electron chi connectivity index (χ0n) is 11.8. The van der Waals surface area contributed by atoms with Crippen molar-refractivity contribution in [2.45, 2.75) is 24.7 Å². The Kier molecular flexibility index (Phi) is 3.43. The quantitative estimate of drug-likeness (QED) is 0.914. The number of carboxylic acid groups (broad SMARTS) is 1. The van der Waals surface area contributed by atoms with E-state index >= 15 is 0 Å². The first-order valence-corrected chi connectivity index (χ1v) is 9.04. The smallest absolute Gasteiger partial charge is 0.314 e. The van der Waals surface area contributed by atoms with Gasteiger partial charge in [-0.15, -0.1) is 0 Å². The average molecular weight is 309 g/mol. The molecule has 1 saturated heterocycles. The molecule has 0 amide bonds. The van der Waals surface area contributed by atoms with Gasteiger partial charge in [-0.25, -0.2) is 8.42 Å². The van der Waals surface area contributed by atoms with Gasteiger partial charge in [0.05, 0.1) is 16.9 Å². The normalized spacial score (nSPS) is 23.3. The molecule has 1 aliphatic carbocycles. The van der Waals surface area contributed by atoms with Crippen molar-refractivity contribution in [2.24, 2.45) is 0 Å². The van der Waals surface area contributed by atoms with Gasteiger partial charge in [0.2, 0.25) is 0 Å². The predicted octanol–water partition coefficient (Wildman–Crippen LogP) is 1.43. The molecule has 0 unspecified atom stereocenters. The first-order chi connectivity index (χ1) is 9.93. The van der Waals surface area contributed by atoms with Crippen molar-refractivity contribution in [2.75, 3.05) is 29.5 Å². The van der Waals surface area contributed by atoms with E-state index in [4.69, 9.17) is 0 Å². The van der Waals surface area contributed by atoms with Gasteiger partial charge in [-0.3, -0.25) is 4.79 Å². The first kappa shape index (κ1) is 14.4. The summed E-state index contributed by atoms with van der Waals surface area (Å²) in [6.45, 7) is 1.01. The maximum atomic E-state index is 11.5. The van der Waals surface area contributed by atoms with Crippen LogP contribution in [0.25, 0.3) is 0 Å². The summed E-state index contributed by atoms with van der Waals surface area (Å²) in [5, 5.41) is 9.44. The molecule has 5 nitrogen and oxygen atoms in total. The van der Waals surface area contributed by atoms with Gasteiger partial charge in [-0.05, 0) is 30.5 Å². The SMILES string of the molecule is O=C(O)C1(c2ccc(N3CCS(=O)(=O)CC3)cc2)CCC1. The highest BCUT2D eigenvalue weighted by molar-refractivity contribution is 7.91. The van der Waals surface area contributed by atoms with Crippen LogP contribution in [0.5, 0.6) is 0 Å². The molecule has 114 valence electrons. The van der Waals surface area contributed by atoms with E-state index in [-0.39, 0.29) is 11.5 Å². The molecule has 1 aromatic rings. The van der Waals surface area contributed by atoms with Crippen molar-refractivity contribution >= 4 is 21.5 Å². The predicted molar refractivity (Wildman–Crippen MR) is 80.5 cm³/mol. The number of nitrogens with zero attached hydrogens (tertiary/aromatic N) is 1. The Morgan fingerprint density at radius 1 is 1.10 bits per heavy atom. The first-order valence-electron chi connectivity index (χ1n) is 7.22. The topological polar surface area (TPSA) is 74.7 Å². The fraction of sp³-hybridized carbons (Fsp3) is 0.533. The van der Waals surface area contributed by atoms with E-state index in [1.54, 1.807) is 0 Å². The fourth-order valence-corrected chi connectivity index (χ4v) is 4.32. The lowest BCUT2D eigenvalue weighted by atomic mass is 9.64. The second-order valence-electron chi connectivity index (χ2n) is 5.93. The zero-order chi connectivity index (χ0) is 15.1. The van der Waals surface area contributed by atoms with Crippen molar-refractivity contribution in [1.82, 2.24) is 0 Å². The van der Waals surface area contributed by atoms with Crippen LogP contribution in [-0.2, 0) is 20.0 Å². The summed E-state index contributed by atoms with van der Waals surface area (Å²) < 4.78 is 22.9. The summed E-state index contributed by atoms with van der Waals surface area (Å²) in [4.78, 5) is 13.5. The number of hydrogen-bond donors (Lipinski definition) is 1. The third-order valence-corrected chi connectivity index (χ3v) is 6.36. The molecule has 2 aliphatic rings. The number of anilines is 1. The van der Waals surface area contributed by atoms with Crippen molar-refractivity contribution < 1.29 is 18.3 Å². The van der Waals surface area contributed by atoms with Crippen LogP contribution in [0.1, 0.15) is 24.8 Å². The maximum absolute atomic E-state index is 11.5. The van der Waals surface area contributed by atoms with Crippen LogP contribution in [-0.4, -0.2) is 44.1 Å². The van der Waals surface area contributed by atoms with E-state index in [9.17, 15) is 18.3 Å². The van der Waals surface area contributed by atoms with E-state index < -0.39 is 21.2 Å². The number of carbonyl (C=O) groups is 1. The van der Waals surface area contributed by atoms with Gasteiger partial charge in [0.1, 0.15) is 0 Å². The summed E-state index contributed by atoms with van der Waals surface area (Å²) in [5.74, 6) is -0.368. The van der Waals surface area contributed by atoms with Crippen LogP contribution in [0.3, 0.4) is 0 Å². The summed E-state index contributed by atoms with van der Waals surface area (Å²) in [5.41, 5.74) is 1.12. The molecule has 1 aliphatic heterocycles. The molecule has 2 fully saturated rings. The van der Waals surface area contributed by atoms with Crippen molar-refractivity contribution in [3.8, 4) is 0 Å². The number of benzene rings is 1. The van der Waals surface area contributed by atoms with Crippen LogP contribution >= 0.6 is 0 Å². The number of aliphatic carboxylic acids is 1. The summed E-state index contributed by atoms with van der Waals surface area (Å²) in [6.07, 6.45) is 2.35. The molecule has 1 heterocycles. The van der Waals surface area contributed by atoms with Crippen molar-refractivity contribution in [3.05, 3.63) is 29.8 Å². The zero-order valence-corrected chi connectivity index (χ0v) is 12.6. The Hall–Kier alpha value is -1.56. The second-order valence-corrected chi connectivity index (χ2v) is 8.23. The minimum atomic E-state index is -2.88. The Balaban J connectivity index is 1.77. The Bertz CT molecular complexity index is 633. The molecular weight excluding hydrogens is 290 g/mol. The van der Waals surface area contributed by atoms with E-state index in [0.717, 1.165) is 17.7 Å². The summed E-state index contributed by atoms with van der Waals surface area (Å²) in [7, 11) is -2.88. The van der Waals surface area contributed by atoms with Gasteiger partial charge < -0.3 is 10.0 Å². The number of carboxylic acids is 1. The molecule has 21 heavy (non-hydrogen) atoms.